The van der Waals surface area contributed by atoms with Gasteiger partial charge in [0, 0.05) is 37.3 Å². The van der Waals surface area contributed by atoms with Crippen molar-refractivity contribution < 1.29 is 0 Å². The predicted octanol–water partition coefficient (Wildman–Crippen LogP) is 1.82. The molecule has 0 aromatic carbocycles. The van der Waals surface area contributed by atoms with Gasteiger partial charge in [0.05, 0.1) is 0 Å². The van der Waals surface area contributed by atoms with Crippen LogP contribution in [0.4, 0.5) is 0 Å². The molecule has 0 aromatic heterocycles. The summed E-state index contributed by atoms with van der Waals surface area (Å²) in [5.74, 6) is 0. The van der Waals surface area contributed by atoms with Gasteiger partial charge in [-0.2, -0.15) is 0 Å². The van der Waals surface area contributed by atoms with Crippen molar-refractivity contribution in [1.29, 1.82) is 0 Å². The minimum absolute atomic E-state index is 0.298. The zero-order valence-corrected chi connectivity index (χ0v) is 11.9. The Hall–Kier alpha value is -0.120. The maximum atomic E-state index is 6.23. The van der Waals surface area contributed by atoms with E-state index in [9.17, 15) is 0 Å². The average Bonchev–Trinajstić information content (AvgIpc) is 2.93. The summed E-state index contributed by atoms with van der Waals surface area (Å²) in [6.45, 7) is 6.88. The Labute approximate surface area is 112 Å². The number of rotatable bonds is 5. The fourth-order valence-electron chi connectivity index (χ4n) is 4.35. The van der Waals surface area contributed by atoms with E-state index in [1.54, 1.807) is 0 Å². The molecule has 0 aromatic rings. The van der Waals surface area contributed by atoms with E-state index in [0.717, 1.165) is 18.6 Å². The molecule has 0 bridgehead atoms. The number of nitrogens with two attached hydrogens (primary N) is 1. The van der Waals surface area contributed by atoms with E-state index in [1.165, 1.54) is 64.6 Å². The molecule has 1 saturated heterocycles. The third-order valence-electron chi connectivity index (χ3n) is 5.52. The Bertz CT molecular complexity index is 283. The van der Waals surface area contributed by atoms with Crippen LogP contribution in [0.5, 0.6) is 0 Å². The molecule has 1 unspecified atom stereocenters. The number of hydrogen-bond acceptors (Lipinski definition) is 3. The van der Waals surface area contributed by atoms with Crippen LogP contribution in [0, 0.1) is 0 Å². The molecule has 3 aliphatic rings. The summed E-state index contributed by atoms with van der Waals surface area (Å²) in [5, 5.41) is 0. The van der Waals surface area contributed by atoms with Crippen LogP contribution in [0.15, 0.2) is 0 Å². The van der Waals surface area contributed by atoms with E-state index in [2.05, 4.69) is 16.7 Å². The van der Waals surface area contributed by atoms with E-state index in [0.29, 0.717) is 5.54 Å². The summed E-state index contributed by atoms with van der Waals surface area (Å²) in [6, 6.07) is 1.72. The van der Waals surface area contributed by atoms with E-state index in [-0.39, 0.29) is 0 Å². The predicted molar refractivity (Wildman–Crippen MR) is 75.6 cm³/mol. The molecule has 0 radical (unpaired) electrons. The van der Waals surface area contributed by atoms with Gasteiger partial charge in [0.1, 0.15) is 0 Å². The first-order valence-corrected chi connectivity index (χ1v) is 8.00. The fraction of sp³-hybridized carbons (Fsp3) is 1.00. The van der Waals surface area contributed by atoms with Crippen LogP contribution in [0.3, 0.4) is 0 Å². The molecular formula is C15H29N3. The maximum absolute atomic E-state index is 6.23. The Kier molecular flexibility index (Phi) is 3.65. The van der Waals surface area contributed by atoms with Crippen LogP contribution < -0.4 is 5.73 Å². The Morgan fingerprint density at radius 2 is 1.94 bits per heavy atom. The quantitative estimate of drug-likeness (QED) is 0.809. The second kappa shape index (κ2) is 5.10. The normalized spacial score (nSPS) is 34.8. The molecule has 1 heterocycles. The minimum atomic E-state index is 0.298. The fourth-order valence-corrected chi connectivity index (χ4v) is 4.35. The molecular weight excluding hydrogens is 222 g/mol. The summed E-state index contributed by atoms with van der Waals surface area (Å²) >= 11 is 0. The topological polar surface area (TPSA) is 32.5 Å². The lowest BCUT2D eigenvalue weighted by Gasteiger charge is -2.44. The number of nitrogens with zero attached hydrogens (tertiary/aromatic N) is 2. The van der Waals surface area contributed by atoms with Crippen molar-refractivity contribution in [2.24, 2.45) is 5.73 Å². The van der Waals surface area contributed by atoms with Gasteiger partial charge in [-0.25, -0.2) is 0 Å². The van der Waals surface area contributed by atoms with Gasteiger partial charge < -0.3 is 5.73 Å². The van der Waals surface area contributed by atoms with Gasteiger partial charge in [0.25, 0.3) is 0 Å². The molecule has 3 nitrogen and oxygen atoms in total. The van der Waals surface area contributed by atoms with E-state index in [4.69, 9.17) is 5.73 Å². The van der Waals surface area contributed by atoms with Crippen LogP contribution in [0.1, 0.15) is 51.9 Å². The van der Waals surface area contributed by atoms with Gasteiger partial charge >= 0.3 is 0 Å². The Balaban J connectivity index is 1.72. The molecule has 2 N–H and O–H groups in total. The van der Waals surface area contributed by atoms with Crippen molar-refractivity contribution in [3.63, 3.8) is 0 Å². The SMILES string of the molecule is CCN(C1CCCC1)C1(CN)CCN(C2CC2)C1. The van der Waals surface area contributed by atoms with Crippen molar-refractivity contribution in [3.05, 3.63) is 0 Å². The van der Waals surface area contributed by atoms with Gasteiger partial charge in [-0.15, -0.1) is 0 Å². The van der Waals surface area contributed by atoms with E-state index in [1.807, 2.05) is 0 Å². The molecule has 1 atom stereocenters. The molecule has 2 aliphatic carbocycles. The highest BCUT2D eigenvalue weighted by molar-refractivity contribution is 5.05. The zero-order valence-electron chi connectivity index (χ0n) is 11.9. The standard InChI is InChI=1S/C15H29N3/c1-2-18(14-5-3-4-6-14)15(11-16)9-10-17(12-15)13-7-8-13/h13-14H,2-12,16H2,1H3. The van der Waals surface area contributed by atoms with Crippen LogP contribution >= 0.6 is 0 Å². The molecule has 3 rings (SSSR count). The van der Waals surface area contributed by atoms with Crippen LogP contribution in [-0.4, -0.2) is 53.6 Å². The molecule has 2 saturated carbocycles. The Morgan fingerprint density at radius 3 is 2.50 bits per heavy atom. The van der Waals surface area contributed by atoms with Crippen molar-refractivity contribution >= 4 is 0 Å². The summed E-state index contributed by atoms with van der Waals surface area (Å²) < 4.78 is 0. The van der Waals surface area contributed by atoms with Crippen LogP contribution in [-0.2, 0) is 0 Å². The number of likely N-dealkylation sites (tertiary alicyclic amines) is 1. The summed E-state index contributed by atoms with van der Waals surface area (Å²) in [5.41, 5.74) is 6.53. The van der Waals surface area contributed by atoms with Crippen molar-refractivity contribution in [2.75, 3.05) is 26.2 Å². The first-order chi connectivity index (χ1) is 8.79. The lowest BCUT2D eigenvalue weighted by atomic mass is 9.93. The minimum Gasteiger partial charge on any atom is -0.329 e. The third kappa shape index (κ3) is 2.21. The lowest BCUT2D eigenvalue weighted by Crippen LogP contribution is -2.58. The third-order valence-corrected chi connectivity index (χ3v) is 5.52. The van der Waals surface area contributed by atoms with Crippen molar-refractivity contribution in [1.82, 2.24) is 9.80 Å². The molecule has 0 spiro atoms. The summed E-state index contributed by atoms with van der Waals surface area (Å²) in [7, 11) is 0. The highest BCUT2D eigenvalue weighted by Crippen LogP contribution is 2.38. The van der Waals surface area contributed by atoms with Gasteiger partial charge in [0.15, 0.2) is 0 Å². The molecule has 1 aliphatic heterocycles. The first kappa shape index (κ1) is 12.9. The smallest absolute Gasteiger partial charge is 0.0473 e. The Morgan fingerprint density at radius 1 is 1.22 bits per heavy atom. The lowest BCUT2D eigenvalue weighted by molar-refractivity contribution is 0.0596. The molecule has 104 valence electrons. The monoisotopic (exact) mass is 251 g/mol. The highest BCUT2D eigenvalue weighted by atomic mass is 15.3. The summed E-state index contributed by atoms with van der Waals surface area (Å²) in [6.07, 6.45) is 9.80. The highest BCUT2D eigenvalue weighted by Gasteiger charge is 2.47. The van der Waals surface area contributed by atoms with Gasteiger partial charge in [0.2, 0.25) is 0 Å². The van der Waals surface area contributed by atoms with Crippen LogP contribution in [0.25, 0.3) is 0 Å². The van der Waals surface area contributed by atoms with Gasteiger partial charge in [-0.05, 0) is 38.6 Å². The van der Waals surface area contributed by atoms with Crippen molar-refractivity contribution in [3.8, 4) is 0 Å². The second-order valence-electron chi connectivity index (χ2n) is 6.60. The first-order valence-electron chi connectivity index (χ1n) is 8.00. The average molecular weight is 251 g/mol. The molecule has 0 amide bonds. The van der Waals surface area contributed by atoms with Crippen LogP contribution in [0.2, 0.25) is 0 Å². The second-order valence-corrected chi connectivity index (χ2v) is 6.60. The van der Waals surface area contributed by atoms with Gasteiger partial charge in [-0.3, -0.25) is 9.80 Å². The molecule has 3 fully saturated rings. The maximum Gasteiger partial charge on any atom is 0.0473 e. The number of likely N-dealkylation sites (N-methyl/N-ethyl adjacent to an activating group) is 1. The molecule has 18 heavy (non-hydrogen) atoms. The van der Waals surface area contributed by atoms with Gasteiger partial charge in [-0.1, -0.05) is 19.8 Å². The van der Waals surface area contributed by atoms with Crippen molar-refractivity contribution in [2.45, 2.75) is 69.5 Å². The zero-order chi connectivity index (χ0) is 12.6. The van der Waals surface area contributed by atoms with E-state index < -0.39 is 0 Å². The van der Waals surface area contributed by atoms with E-state index >= 15 is 0 Å². The summed E-state index contributed by atoms with van der Waals surface area (Å²) in [4.78, 5) is 5.49. The number of hydrogen-bond donors (Lipinski definition) is 1. The molecule has 3 heteroatoms. The largest absolute Gasteiger partial charge is 0.329 e.